The van der Waals surface area contributed by atoms with E-state index in [9.17, 15) is 0 Å². The molecule has 7 nitrogen and oxygen atoms in total. The van der Waals surface area contributed by atoms with Crippen LogP contribution in [-0.2, 0) is 18.3 Å². The highest BCUT2D eigenvalue weighted by Gasteiger charge is 2.15. The first-order valence-corrected chi connectivity index (χ1v) is 7.53. The van der Waals surface area contributed by atoms with Crippen LogP contribution in [0.25, 0.3) is 0 Å². The smallest absolute Gasteiger partial charge is 0.193 e. The molecular weight excluding hydrogens is 395 g/mol. The maximum Gasteiger partial charge on any atom is 0.193 e. The van der Waals surface area contributed by atoms with E-state index >= 15 is 0 Å². The van der Waals surface area contributed by atoms with Gasteiger partial charge in [-0.2, -0.15) is 0 Å². The molecule has 0 aliphatic carbocycles. The molecule has 0 unspecified atom stereocenters. The Morgan fingerprint density at radius 2 is 2.23 bits per heavy atom. The summed E-state index contributed by atoms with van der Waals surface area (Å²) < 4.78 is 7.31. The number of nitrogens with zero attached hydrogens (tertiary/aromatic N) is 5. The number of hydrogen-bond acceptors (Lipinski definition) is 4. The average molecular weight is 422 g/mol. The number of guanidine groups is 1. The minimum Gasteiger partial charge on any atom is -0.381 e. The molecule has 0 amide bonds. The first-order chi connectivity index (χ1) is 10.2. The van der Waals surface area contributed by atoms with Crippen LogP contribution >= 0.6 is 24.0 Å². The van der Waals surface area contributed by atoms with Crippen LogP contribution in [0.4, 0.5) is 0 Å². The Morgan fingerprint density at radius 1 is 1.50 bits per heavy atom. The lowest BCUT2D eigenvalue weighted by molar-refractivity contribution is 0.0625. The van der Waals surface area contributed by atoms with Crippen molar-refractivity contribution in [2.75, 3.05) is 33.9 Å². The first-order valence-electron chi connectivity index (χ1n) is 7.53. The van der Waals surface area contributed by atoms with E-state index in [1.54, 1.807) is 6.33 Å². The molecule has 22 heavy (non-hydrogen) atoms. The molecule has 2 rings (SSSR count). The van der Waals surface area contributed by atoms with Gasteiger partial charge in [-0.15, -0.1) is 34.2 Å². The van der Waals surface area contributed by atoms with Gasteiger partial charge in [0, 0.05) is 40.9 Å². The Labute approximate surface area is 149 Å². The van der Waals surface area contributed by atoms with Crippen molar-refractivity contribution in [3.05, 3.63) is 12.2 Å². The zero-order valence-corrected chi connectivity index (χ0v) is 16.0. The van der Waals surface area contributed by atoms with Gasteiger partial charge in [-0.25, -0.2) is 0 Å². The van der Waals surface area contributed by atoms with Crippen LogP contribution in [0.2, 0.25) is 0 Å². The molecule has 1 aromatic heterocycles. The predicted molar refractivity (Wildman–Crippen MR) is 97.4 cm³/mol. The zero-order chi connectivity index (χ0) is 15.1. The van der Waals surface area contributed by atoms with Gasteiger partial charge in [0.1, 0.15) is 6.33 Å². The van der Waals surface area contributed by atoms with Crippen LogP contribution < -0.4 is 5.32 Å². The van der Waals surface area contributed by atoms with Crippen LogP contribution in [0.1, 0.15) is 25.1 Å². The summed E-state index contributed by atoms with van der Waals surface area (Å²) in [6, 6.07) is 0. The van der Waals surface area contributed by atoms with Crippen LogP contribution in [0, 0.1) is 5.92 Å². The van der Waals surface area contributed by atoms with E-state index in [4.69, 9.17) is 4.74 Å². The third-order valence-corrected chi connectivity index (χ3v) is 4.00. The molecule has 0 aromatic carbocycles. The number of rotatable bonds is 5. The predicted octanol–water partition coefficient (Wildman–Crippen LogP) is 1.26. The number of aromatic nitrogens is 3. The zero-order valence-electron chi connectivity index (χ0n) is 13.7. The fourth-order valence-corrected chi connectivity index (χ4v) is 2.53. The SMILES string of the molecule is CN=C(NCc1nncn1C)N(C)CCC1CCOCC1.I. The number of halogens is 1. The lowest BCUT2D eigenvalue weighted by Crippen LogP contribution is -2.40. The normalized spacial score (nSPS) is 16.2. The van der Waals surface area contributed by atoms with Gasteiger partial charge >= 0.3 is 0 Å². The van der Waals surface area contributed by atoms with Crippen molar-refractivity contribution < 1.29 is 4.74 Å². The minimum absolute atomic E-state index is 0. The molecule has 1 aliphatic rings. The van der Waals surface area contributed by atoms with Gasteiger partial charge < -0.3 is 19.5 Å². The number of aryl methyl sites for hydroxylation is 1. The average Bonchev–Trinajstić information content (AvgIpc) is 2.92. The molecule has 0 atom stereocenters. The summed E-state index contributed by atoms with van der Waals surface area (Å²) in [7, 11) is 5.82. The van der Waals surface area contributed by atoms with Crippen molar-refractivity contribution in [1.82, 2.24) is 25.0 Å². The Bertz CT molecular complexity index is 458. The van der Waals surface area contributed by atoms with E-state index < -0.39 is 0 Å². The van der Waals surface area contributed by atoms with Crippen LogP contribution in [0.15, 0.2) is 11.3 Å². The fourth-order valence-electron chi connectivity index (χ4n) is 2.53. The van der Waals surface area contributed by atoms with Gasteiger partial charge in [0.2, 0.25) is 0 Å². The summed E-state index contributed by atoms with van der Waals surface area (Å²) >= 11 is 0. The quantitative estimate of drug-likeness (QED) is 0.440. The van der Waals surface area contributed by atoms with E-state index in [0.29, 0.717) is 6.54 Å². The van der Waals surface area contributed by atoms with Crippen LogP contribution in [-0.4, -0.2) is 59.5 Å². The summed E-state index contributed by atoms with van der Waals surface area (Å²) in [5.74, 6) is 2.57. The van der Waals surface area contributed by atoms with E-state index in [1.165, 1.54) is 19.3 Å². The maximum atomic E-state index is 5.40. The molecule has 0 spiro atoms. The molecular formula is C14H27IN6O. The monoisotopic (exact) mass is 422 g/mol. The van der Waals surface area contributed by atoms with Crippen LogP contribution in [0.3, 0.4) is 0 Å². The van der Waals surface area contributed by atoms with E-state index in [2.05, 4.69) is 32.5 Å². The van der Waals surface area contributed by atoms with E-state index in [-0.39, 0.29) is 24.0 Å². The summed E-state index contributed by atoms with van der Waals surface area (Å²) in [5.41, 5.74) is 0. The van der Waals surface area contributed by atoms with E-state index in [1.807, 2.05) is 18.7 Å². The first kappa shape index (κ1) is 19.1. The number of ether oxygens (including phenoxy) is 1. The summed E-state index contributed by atoms with van der Waals surface area (Å²) in [6.45, 7) is 3.45. The third kappa shape index (κ3) is 5.71. The molecule has 126 valence electrons. The molecule has 1 N–H and O–H groups in total. The minimum atomic E-state index is 0. The van der Waals surface area contributed by atoms with Gasteiger partial charge in [-0.3, -0.25) is 4.99 Å². The standard InChI is InChI=1S/C14H26N6O.HI/c1-15-14(16-10-13-18-17-11-20(13)3)19(2)7-4-12-5-8-21-9-6-12;/h11-12H,4-10H2,1-3H3,(H,15,16);1H. The Kier molecular flexibility index (Phi) is 8.69. The van der Waals surface area contributed by atoms with Crippen molar-refractivity contribution in [2.45, 2.75) is 25.8 Å². The second kappa shape index (κ2) is 9.98. The van der Waals surface area contributed by atoms with E-state index in [0.717, 1.165) is 37.5 Å². The molecule has 1 saturated heterocycles. The summed E-state index contributed by atoms with van der Waals surface area (Å²) in [4.78, 5) is 6.50. The molecule has 0 bridgehead atoms. The highest BCUT2D eigenvalue weighted by atomic mass is 127. The fraction of sp³-hybridized carbons (Fsp3) is 0.786. The highest BCUT2D eigenvalue weighted by Crippen LogP contribution is 2.18. The summed E-state index contributed by atoms with van der Waals surface area (Å²) in [5, 5.41) is 11.3. The molecule has 1 aromatic rings. The van der Waals surface area contributed by atoms with Gasteiger partial charge in [0.25, 0.3) is 0 Å². The molecule has 8 heteroatoms. The Hall–Kier alpha value is -0.900. The van der Waals surface area contributed by atoms with Crippen LogP contribution in [0.5, 0.6) is 0 Å². The van der Waals surface area contributed by atoms with Gasteiger partial charge in [-0.1, -0.05) is 0 Å². The Balaban J connectivity index is 0.00000242. The maximum absolute atomic E-state index is 5.40. The highest BCUT2D eigenvalue weighted by molar-refractivity contribution is 14.0. The largest absolute Gasteiger partial charge is 0.381 e. The number of hydrogen-bond donors (Lipinski definition) is 1. The second-order valence-electron chi connectivity index (χ2n) is 5.52. The van der Waals surface area contributed by atoms with Crippen molar-refractivity contribution in [3.8, 4) is 0 Å². The Morgan fingerprint density at radius 3 is 2.82 bits per heavy atom. The lowest BCUT2D eigenvalue weighted by atomic mass is 9.96. The molecule has 0 saturated carbocycles. The van der Waals surface area contributed by atoms with Crippen molar-refractivity contribution in [1.29, 1.82) is 0 Å². The van der Waals surface area contributed by atoms with Crippen molar-refractivity contribution in [2.24, 2.45) is 18.0 Å². The third-order valence-electron chi connectivity index (χ3n) is 4.00. The summed E-state index contributed by atoms with van der Waals surface area (Å²) in [6.07, 6.45) is 5.25. The molecule has 2 heterocycles. The molecule has 0 radical (unpaired) electrons. The number of aliphatic imine (C=N–C) groups is 1. The van der Waals surface area contributed by atoms with Gasteiger partial charge in [0.05, 0.1) is 6.54 Å². The topological polar surface area (TPSA) is 67.6 Å². The van der Waals surface area contributed by atoms with Gasteiger partial charge in [0.15, 0.2) is 11.8 Å². The van der Waals surface area contributed by atoms with Gasteiger partial charge in [-0.05, 0) is 25.2 Å². The lowest BCUT2D eigenvalue weighted by Gasteiger charge is -2.26. The number of nitrogens with one attached hydrogen (secondary N) is 1. The van der Waals surface area contributed by atoms with Crippen molar-refractivity contribution in [3.63, 3.8) is 0 Å². The molecule has 1 fully saturated rings. The van der Waals surface area contributed by atoms with Crippen molar-refractivity contribution >= 4 is 29.9 Å². The molecule has 1 aliphatic heterocycles. The second-order valence-corrected chi connectivity index (χ2v) is 5.52.